The first kappa shape index (κ1) is 25.9. The average Bonchev–Trinajstić information content (AvgIpc) is 3.41. The zero-order valence-corrected chi connectivity index (χ0v) is 21.5. The van der Waals surface area contributed by atoms with Gasteiger partial charge in [0, 0.05) is 23.0 Å². The van der Waals surface area contributed by atoms with Gasteiger partial charge in [0.1, 0.15) is 18.2 Å². The van der Waals surface area contributed by atoms with Crippen LogP contribution in [0.1, 0.15) is 29.9 Å². The number of likely N-dealkylation sites (tertiary alicyclic amines) is 1. The zero-order chi connectivity index (χ0) is 26.3. The summed E-state index contributed by atoms with van der Waals surface area (Å²) in [5.74, 6) is 1.61. The van der Waals surface area contributed by atoms with E-state index in [0.717, 1.165) is 48.4 Å². The Morgan fingerprint density at radius 3 is 2.39 bits per heavy atom. The molecule has 2 heterocycles. The lowest BCUT2D eigenvalue weighted by Crippen LogP contribution is -2.40. The quantitative estimate of drug-likeness (QED) is 0.299. The molecular formula is C29H28ClFN4O3. The van der Waals surface area contributed by atoms with Crippen molar-refractivity contribution in [1.29, 1.82) is 0 Å². The Hall–Kier alpha value is -3.75. The predicted molar refractivity (Wildman–Crippen MR) is 142 cm³/mol. The van der Waals surface area contributed by atoms with E-state index < -0.39 is 0 Å². The van der Waals surface area contributed by atoms with Crippen LogP contribution in [0, 0.1) is 11.7 Å². The number of aromatic nitrogens is 2. The van der Waals surface area contributed by atoms with Crippen molar-refractivity contribution in [2.24, 2.45) is 5.92 Å². The van der Waals surface area contributed by atoms with Crippen molar-refractivity contribution >= 4 is 17.5 Å². The molecule has 1 saturated heterocycles. The number of benzene rings is 3. The van der Waals surface area contributed by atoms with Gasteiger partial charge in [-0.15, -0.1) is 0 Å². The first-order chi connectivity index (χ1) is 18.5. The highest BCUT2D eigenvalue weighted by molar-refractivity contribution is 6.30. The van der Waals surface area contributed by atoms with Crippen LogP contribution < -0.4 is 10.1 Å². The van der Waals surface area contributed by atoms with Crippen molar-refractivity contribution in [3.63, 3.8) is 0 Å². The van der Waals surface area contributed by atoms with Crippen LogP contribution in [-0.2, 0) is 24.5 Å². The Bertz CT molecular complexity index is 1340. The van der Waals surface area contributed by atoms with Crippen LogP contribution in [0.2, 0.25) is 5.02 Å². The van der Waals surface area contributed by atoms with Crippen LogP contribution in [-0.4, -0.2) is 34.0 Å². The molecule has 3 aromatic carbocycles. The zero-order valence-electron chi connectivity index (χ0n) is 20.8. The van der Waals surface area contributed by atoms with Gasteiger partial charge in [0.05, 0.1) is 6.54 Å². The molecule has 0 bridgehead atoms. The van der Waals surface area contributed by atoms with Crippen molar-refractivity contribution in [1.82, 2.24) is 20.4 Å². The number of hydrogen-bond donors (Lipinski definition) is 1. The smallest absolute Gasteiger partial charge is 0.241 e. The summed E-state index contributed by atoms with van der Waals surface area (Å²) < 4.78 is 24.2. The molecule has 4 aromatic rings. The lowest BCUT2D eigenvalue weighted by atomic mass is 9.96. The largest absolute Gasteiger partial charge is 0.489 e. The Kier molecular flexibility index (Phi) is 8.31. The molecule has 0 spiro atoms. The number of carbonyl (C=O) groups is 1. The van der Waals surface area contributed by atoms with Crippen LogP contribution in [0.25, 0.3) is 11.4 Å². The van der Waals surface area contributed by atoms with E-state index >= 15 is 0 Å². The monoisotopic (exact) mass is 534 g/mol. The number of halogens is 2. The van der Waals surface area contributed by atoms with Gasteiger partial charge < -0.3 is 14.6 Å². The maximum Gasteiger partial charge on any atom is 0.241 e. The molecular weight excluding hydrogens is 507 g/mol. The lowest BCUT2D eigenvalue weighted by molar-refractivity contribution is -0.126. The predicted octanol–water partition coefficient (Wildman–Crippen LogP) is 5.64. The Labute approximate surface area is 225 Å². The first-order valence-corrected chi connectivity index (χ1v) is 12.9. The molecule has 9 heteroatoms. The summed E-state index contributed by atoms with van der Waals surface area (Å²) in [6.07, 6.45) is 1.56. The van der Waals surface area contributed by atoms with Crippen LogP contribution in [0.15, 0.2) is 77.3 Å². The molecule has 1 fully saturated rings. The molecule has 38 heavy (non-hydrogen) atoms. The van der Waals surface area contributed by atoms with Gasteiger partial charge in [0.2, 0.25) is 17.6 Å². The van der Waals surface area contributed by atoms with Crippen LogP contribution in [0.3, 0.4) is 0 Å². The van der Waals surface area contributed by atoms with E-state index in [-0.39, 0.29) is 17.6 Å². The second-order valence-corrected chi connectivity index (χ2v) is 9.78. The van der Waals surface area contributed by atoms with E-state index in [1.807, 2.05) is 36.4 Å². The molecule has 0 radical (unpaired) electrons. The minimum atomic E-state index is -0.265. The third kappa shape index (κ3) is 6.96. The molecule has 7 nitrogen and oxygen atoms in total. The number of nitrogens with zero attached hydrogens (tertiary/aromatic N) is 3. The molecule has 1 N–H and O–H groups in total. The van der Waals surface area contributed by atoms with Gasteiger partial charge in [-0.25, -0.2) is 4.39 Å². The molecule has 0 atom stereocenters. The third-order valence-electron chi connectivity index (χ3n) is 6.60. The van der Waals surface area contributed by atoms with Crippen molar-refractivity contribution in [3.05, 3.63) is 101 Å². The van der Waals surface area contributed by atoms with Gasteiger partial charge in [0.25, 0.3) is 0 Å². The van der Waals surface area contributed by atoms with Gasteiger partial charge in [-0.1, -0.05) is 41.0 Å². The molecule has 1 aliphatic heterocycles. The molecule has 196 valence electrons. The summed E-state index contributed by atoms with van der Waals surface area (Å²) in [5, 5.41) is 7.79. The Morgan fingerprint density at radius 1 is 1.00 bits per heavy atom. The average molecular weight is 535 g/mol. The molecule has 1 aromatic heterocycles. The highest BCUT2D eigenvalue weighted by Crippen LogP contribution is 2.22. The SMILES string of the molecule is O=C(NCc1ccc(OCc2ccc(F)cc2)cc1)C1CCN(Cc2nc(-c3ccc(Cl)cc3)no2)CC1. The van der Waals surface area contributed by atoms with Crippen LogP contribution >= 0.6 is 11.6 Å². The number of ether oxygens (including phenoxy) is 1. The summed E-state index contributed by atoms with van der Waals surface area (Å²) in [4.78, 5) is 19.5. The molecule has 1 aliphatic rings. The van der Waals surface area contributed by atoms with E-state index in [2.05, 4.69) is 20.4 Å². The Balaban J connectivity index is 1.03. The fraction of sp³-hybridized carbons (Fsp3) is 0.276. The van der Waals surface area contributed by atoms with E-state index in [0.29, 0.717) is 36.4 Å². The van der Waals surface area contributed by atoms with Gasteiger partial charge in [-0.2, -0.15) is 4.98 Å². The molecule has 0 unspecified atom stereocenters. The van der Waals surface area contributed by atoms with E-state index in [9.17, 15) is 9.18 Å². The van der Waals surface area contributed by atoms with Crippen molar-refractivity contribution in [2.45, 2.75) is 32.5 Å². The van der Waals surface area contributed by atoms with Crippen LogP contribution in [0.5, 0.6) is 5.75 Å². The number of nitrogens with one attached hydrogen (secondary N) is 1. The summed E-state index contributed by atoms with van der Waals surface area (Å²) in [5.41, 5.74) is 2.75. The van der Waals surface area contributed by atoms with Gasteiger partial charge >= 0.3 is 0 Å². The first-order valence-electron chi connectivity index (χ1n) is 12.6. The summed E-state index contributed by atoms with van der Waals surface area (Å²) in [7, 11) is 0. The molecule has 5 rings (SSSR count). The summed E-state index contributed by atoms with van der Waals surface area (Å²) in [6.45, 7) is 2.97. The second kappa shape index (κ2) is 12.2. The van der Waals surface area contributed by atoms with E-state index in [4.69, 9.17) is 20.9 Å². The normalized spacial score (nSPS) is 14.4. The topological polar surface area (TPSA) is 80.5 Å². The number of hydrogen-bond acceptors (Lipinski definition) is 6. The summed E-state index contributed by atoms with van der Waals surface area (Å²) in [6, 6.07) is 21.2. The lowest BCUT2D eigenvalue weighted by Gasteiger charge is -2.30. The number of amides is 1. The van der Waals surface area contributed by atoms with Gasteiger partial charge in [0.15, 0.2) is 0 Å². The third-order valence-corrected chi connectivity index (χ3v) is 6.85. The fourth-order valence-corrected chi connectivity index (χ4v) is 4.49. The van der Waals surface area contributed by atoms with Crippen molar-refractivity contribution in [3.8, 4) is 17.1 Å². The Morgan fingerprint density at radius 2 is 1.68 bits per heavy atom. The van der Waals surface area contributed by atoms with Crippen molar-refractivity contribution < 1.29 is 18.4 Å². The van der Waals surface area contributed by atoms with E-state index in [1.165, 1.54) is 12.1 Å². The highest BCUT2D eigenvalue weighted by atomic mass is 35.5. The van der Waals surface area contributed by atoms with E-state index in [1.54, 1.807) is 24.3 Å². The van der Waals surface area contributed by atoms with Gasteiger partial charge in [-0.3, -0.25) is 9.69 Å². The number of rotatable bonds is 9. The molecule has 0 aliphatic carbocycles. The second-order valence-electron chi connectivity index (χ2n) is 9.35. The minimum absolute atomic E-state index is 0.0168. The van der Waals surface area contributed by atoms with Crippen LogP contribution in [0.4, 0.5) is 4.39 Å². The molecule has 0 saturated carbocycles. The maximum absolute atomic E-state index is 13.0. The van der Waals surface area contributed by atoms with Gasteiger partial charge in [-0.05, 0) is 85.6 Å². The summed E-state index contributed by atoms with van der Waals surface area (Å²) >= 11 is 5.94. The van der Waals surface area contributed by atoms with Crippen molar-refractivity contribution in [2.75, 3.05) is 13.1 Å². The highest BCUT2D eigenvalue weighted by Gasteiger charge is 2.26. The number of piperidine rings is 1. The maximum atomic E-state index is 13.0. The standard InChI is InChI=1S/C29H28ClFN4O3/c30-24-7-5-22(6-8-24)28-33-27(38-34-28)18-35-15-13-23(14-16-35)29(36)32-17-20-3-11-26(12-4-20)37-19-21-1-9-25(31)10-2-21/h1-12,23H,13-19H2,(H,32,36). The molecule has 1 amide bonds. The fourth-order valence-electron chi connectivity index (χ4n) is 4.36. The minimum Gasteiger partial charge on any atom is -0.489 e. The number of carbonyl (C=O) groups excluding carboxylic acids is 1.